The number of esters is 1. The van der Waals surface area contributed by atoms with Gasteiger partial charge in [0.25, 0.3) is 10.1 Å². The molecule has 0 amide bonds. The summed E-state index contributed by atoms with van der Waals surface area (Å²) in [6.45, 7) is 10.8. The molecule has 2 atom stereocenters. The highest BCUT2D eigenvalue weighted by molar-refractivity contribution is 7.86. The highest BCUT2D eigenvalue weighted by Gasteiger charge is 2.37. The van der Waals surface area contributed by atoms with Crippen LogP contribution in [0.3, 0.4) is 0 Å². The van der Waals surface area contributed by atoms with Crippen LogP contribution in [0, 0.1) is 6.92 Å². The van der Waals surface area contributed by atoms with Crippen LogP contribution in [0.15, 0.2) is 29.2 Å². The van der Waals surface area contributed by atoms with E-state index in [2.05, 4.69) is 0 Å². The molecule has 8 heteroatoms. The van der Waals surface area contributed by atoms with Crippen LogP contribution >= 0.6 is 0 Å². The van der Waals surface area contributed by atoms with E-state index in [9.17, 15) is 13.2 Å². The van der Waals surface area contributed by atoms with Crippen LogP contribution < -0.4 is 0 Å². The van der Waals surface area contributed by atoms with Crippen molar-refractivity contribution in [3.63, 3.8) is 0 Å². The van der Waals surface area contributed by atoms with Crippen LogP contribution in [0.25, 0.3) is 0 Å². The molecule has 1 saturated heterocycles. The lowest BCUT2D eigenvalue weighted by Crippen LogP contribution is -2.46. The van der Waals surface area contributed by atoms with E-state index in [4.69, 9.17) is 18.4 Å². The van der Waals surface area contributed by atoms with Gasteiger partial charge in [-0.05, 0) is 60.1 Å². The van der Waals surface area contributed by atoms with Gasteiger partial charge in [0.2, 0.25) is 0 Å². The zero-order chi connectivity index (χ0) is 21.9. The summed E-state index contributed by atoms with van der Waals surface area (Å²) in [6, 6.07) is 6.49. The molecular weight excluding hydrogens is 396 g/mol. The largest absolute Gasteiger partial charge is 0.460 e. The van der Waals surface area contributed by atoms with Crippen molar-refractivity contribution >= 4 is 16.1 Å². The average molecular weight is 429 g/mol. The second kappa shape index (κ2) is 9.12. The average Bonchev–Trinajstić information content (AvgIpc) is 2.51. The van der Waals surface area contributed by atoms with Gasteiger partial charge in [0.05, 0.1) is 30.1 Å². The molecular formula is C21H32O7S. The Morgan fingerprint density at radius 2 is 1.72 bits per heavy atom. The summed E-state index contributed by atoms with van der Waals surface area (Å²) in [6.07, 6.45) is 0.272. The summed E-state index contributed by atoms with van der Waals surface area (Å²) in [5.41, 5.74) is 0.410. The number of aryl methyl sites for hydroxylation is 1. The number of rotatable bonds is 7. The lowest BCUT2D eigenvalue weighted by molar-refractivity contribution is -0.301. The monoisotopic (exact) mass is 428 g/mol. The van der Waals surface area contributed by atoms with Crippen LogP contribution in [0.5, 0.6) is 0 Å². The van der Waals surface area contributed by atoms with Gasteiger partial charge in [-0.15, -0.1) is 0 Å². The minimum absolute atomic E-state index is 0.0177. The van der Waals surface area contributed by atoms with Gasteiger partial charge < -0.3 is 14.2 Å². The van der Waals surface area contributed by atoms with Crippen molar-refractivity contribution in [1.29, 1.82) is 0 Å². The highest BCUT2D eigenvalue weighted by Crippen LogP contribution is 2.30. The Morgan fingerprint density at radius 1 is 1.14 bits per heavy atom. The van der Waals surface area contributed by atoms with E-state index in [1.54, 1.807) is 26.0 Å². The predicted octanol–water partition coefficient (Wildman–Crippen LogP) is 3.73. The fraction of sp³-hybridized carbons (Fsp3) is 0.667. The lowest BCUT2D eigenvalue weighted by atomic mass is 10.0. The molecule has 0 aromatic heterocycles. The standard InChI is InChI=1S/C21H32O7S/c1-15-7-9-18(10-8-15)29(23,24)25-12-11-16-13-17(27-21(5,6)26-16)14-19(22)28-20(2,3)4/h7-10,16-17H,11-14H2,1-6H3/t16-,17-/m1/s1. The first kappa shape index (κ1) is 23.8. The van der Waals surface area contributed by atoms with E-state index < -0.39 is 21.5 Å². The van der Waals surface area contributed by atoms with Crippen LogP contribution in [0.2, 0.25) is 0 Å². The third-order valence-corrected chi connectivity index (χ3v) is 5.56. The minimum Gasteiger partial charge on any atom is -0.460 e. The quantitative estimate of drug-likeness (QED) is 0.483. The third kappa shape index (κ3) is 8.04. The summed E-state index contributed by atoms with van der Waals surface area (Å²) in [7, 11) is -3.82. The molecule has 1 aliphatic rings. The summed E-state index contributed by atoms with van der Waals surface area (Å²) >= 11 is 0. The van der Waals surface area contributed by atoms with Gasteiger partial charge in [-0.2, -0.15) is 8.42 Å². The number of benzene rings is 1. The molecule has 0 spiro atoms. The van der Waals surface area contributed by atoms with Gasteiger partial charge in [-0.3, -0.25) is 8.98 Å². The maximum Gasteiger partial charge on any atom is 0.308 e. The molecule has 0 aliphatic carbocycles. The Labute approximate surface area is 173 Å². The molecule has 0 unspecified atom stereocenters. The van der Waals surface area contributed by atoms with E-state index in [-0.39, 0.29) is 36.1 Å². The summed E-state index contributed by atoms with van der Waals surface area (Å²) < 4.78 is 46.9. The Hall–Kier alpha value is -1.48. The van der Waals surface area contributed by atoms with Crippen molar-refractivity contribution in [1.82, 2.24) is 0 Å². The molecule has 1 aromatic carbocycles. The molecule has 0 bridgehead atoms. The van der Waals surface area contributed by atoms with E-state index in [1.807, 2.05) is 27.7 Å². The second-order valence-electron chi connectivity index (χ2n) is 8.78. The highest BCUT2D eigenvalue weighted by atomic mass is 32.2. The molecule has 29 heavy (non-hydrogen) atoms. The molecule has 1 aliphatic heterocycles. The van der Waals surface area contributed by atoms with Gasteiger partial charge >= 0.3 is 5.97 Å². The molecule has 164 valence electrons. The Morgan fingerprint density at radius 3 is 2.31 bits per heavy atom. The number of ether oxygens (including phenoxy) is 3. The van der Waals surface area contributed by atoms with Crippen molar-refractivity contribution < 1.29 is 31.6 Å². The van der Waals surface area contributed by atoms with Crippen molar-refractivity contribution in [2.75, 3.05) is 6.61 Å². The van der Waals surface area contributed by atoms with Crippen molar-refractivity contribution in [3.8, 4) is 0 Å². The summed E-state index contributed by atoms with van der Waals surface area (Å²) in [4.78, 5) is 12.2. The normalized spacial score (nSPS) is 22.3. The Bertz CT molecular complexity index is 791. The smallest absolute Gasteiger partial charge is 0.308 e. The summed E-state index contributed by atoms with van der Waals surface area (Å²) in [5, 5.41) is 0. The van der Waals surface area contributed by atoms with E-state index >= 15 is 0 Å². The number of hydrogen-bond donors (Lipinski definition) is 0. The lowest BCUT2D eigenvalue weighted by Gasteiger charge is -2.40. The molecule has 0 radical (unpaired) electrons. The SMILES string of the molecule is Cc1ccc(S(=O)(=O)OCC[C@@H]2C[C@H](CC(=O)OC(C)(C)C)OC(C)(C)O2)cc1. The van der Waals surface area contributed by atoms with E-state index in [0.29, 0.717) is 12.8 Å². The van der Waals surface area contributed by atoms with Crippen LogP contribution in [0.4, 0.5) is 0 Å². The summed E-state index contributed by atoms with van der Waals surface area (Å²) in [5.74, 6) is -1.22. The molecule has 2 rings (SSSR count). The van der Waals surface area contributed by atoms with Crippen molar-refractivity contribution in [3.05, 3.63) is 29.8 Å². The topological polar surface area (TPSA) is 88.1 Å². The fourth-order valence-electron chi connectivity index (χ4n) is 3.15. The number of hydrogen-bond acceptors (Lipinski definition) is 7. The maximum absolute atomic E-state index is 12.3. The van der Waals surface area contributed by atoms with Gasteiger partial charge in [-0.1, -0.05) is 17.7 Å². The molecule has 0 saturated carbocycles. The molecule has 1 heterocycles. The van der Waals surface area contributed by atoms with Crippen LogP contribution in [0.1, 0.15) is 59.4 Å². The van der Waals surface area contributed by atoms with Gasteiger partial charge in [0.15, 0.2) is 5.79 Å². The van der Waals surface area contributed by atoms with Gasteiger partial charge in [0, 0.05) is 6.42 Å². The van der Waals surface area contributed by atoms with Crippen molar-refractivity contribution in [2.45, 2.75) is 89.3 Å². The fourth-order valence-corrected chi connectivity index (χ4v) is 4.07. The maximum atomic E-state index is 12.3. The first-order valence-corrected chi connectivity index (χ1v) is 11.2. The molecule has 0 N–H and O–H groups in total. The van der Waals surface area contributed by atoms with Gasteiger partial charge in [0.1, 0.15) is 5.60 Å². The first-order valence-electron chi connectivity index (χ1n) is 9.79. The molecule has 7 nitrogen and oxygen atoms in total. The second-order valence-corrected chi connectivity index (χ2v) is 10.4. The Kier molecular flexibility index (Phi) is 7.48. The predicted molar refractivity (Wildman–Crippen MR) is 108 cm³/mol. The zero-order valence-corrected chi connectivity index (χ0v) is 18.9. The van der Waals surface area contributed by atoms with Crippen LogP contribution in [-0.2, 0) is 33.3 Å². The first-order chi connectivity index (χ1) is 13.3. The van der Waals surface area contributed by atoms with Gasteiger partial charge in [-0.25, -0.2) is 0 Å². The third-order valence-electron chi connectivity index (χ3n) is 4.23. The van der Waals surface area contributed by atoms with E-state index in [0.717, 1.165) is 5.56 Å². The number of carbonyl (C=O) groups excluding carboxylic acids is 1. The zero-order valence-electron chi connectivity index (χ0n) is 18.1. The van der Waals surface area contributed by atoms with Crippen LogP contribution in [-0.4, -0.2) is 44.6 Å². The minimum atomic E-state index is -3.82. The molecule has 1 fully saturated rings. The Balaban J connectivity index is 1.90. The number of carbonyl (C=O) groups is 1. The van der Waals surface area contributed by atoms with Crippen molar-refractivity contribution in [2.24, 2.45) is 0 Å². The molecule has 1 aromatic rings. The van der Waals surface area contributed by atoms with E-state index in [1.165, 1.54) is 12.1 Å².